The van der Waals surface area contributed by atoms with Crippen LogP contribution in [0, 0.1) is 0 Å². The number of para-hydroxylation sites is 2. The quantitative estimate of drug-likeness (QED) is 0.519. The number of aromatic nitrogens is 2. The minimum atomic E-state index is 0.0337. The molecule has 1 amide bonds. The Morgan fingerprint density at radius 1 is 1.07 bits per heavy atom. The van der Waals surface area contributed by atoms with Gasteiger partial charge < -0.3 is 14.3 Å². The van der Waals surface area contributed by atoms with Gasteiger partial charge in [-0.1, -0.05) is 42.5 Å². The van der Waals surface area contributed by atoms with Crippen molar-refractivity contribution < 1.29 is 9.21 Å². The molecule has 146 valence electrons. The summed E-state index contributed by atoms with van der Waals surface area (Å²) in [4.78, 5) is 23.0. The molecule has 0 saturated carbocycles. The van der Waals surface area contributed by atoms with Crippen LogP contribution in [0.25, 0.3) is 22.4 Å². The largest absolute Gasteiger partial charge is 0.461 e. The van der Waals surface area contributed by atoms with E-state index in [2.05, 4.69) is 4.98 Å². The second-order valence-corrected chi connectivity index (χ2v) is 7.52. The number of rotatable bonds is 5. The van der Waals surface area contributed by atoms with E-state index in [9.17, 15) is 4.79 Å². The maximum Gasteiger partial charge on any atom is 0.223 e. The lowest BCUT2D eigenvalue weighted by atomic mass is 10.2. The van der Waals surface area contributed by atoms with Gasteiger partial charge in [0.2, 0.25) is 5.91 Å². The number of furan rings is 1. The van der Waals surface area contributed by atoms with Gasteiger partial charge in [0.05, 0.1) is 17.1 Å². The van der Waals surface area contributed by atoms with Crippen molar-refractivity contribution in [3.8, 4) is 11.3 Å². The van der Waals surface area contributed by atoms with Gasteiger partial charge in [-0.2, -0.15) is 0 Å². The summed E-state index contributed by atoms with van der Waals surface area (Å²) in [5.74, 6) is 2.73. The fourth-order valence-corrected chi connectivity index (χ4v) is 4.12. The highest BCUT2D eigenvalue weighted by atomic mass is 16.3. The summed E-state index contributed by atoms with van der Waals surface area (Å²) in [6, 6.07) is 22.0. The van der Waals surface area contributed by atoms with Crippen molar-refractivity contribution in [3.63, 3.8) is 0 Å². The lowest BCUT2D eigenvalue weighted by molar-refractivity contribution is -0.132. The van der Waals surface area contributed by atoms with E-state index in [1.165, 1.54) is 0 Å². The molecule has 4 aromatic rings. The van der Waals surface area contributed by atoms with Crippen molar-refractivity contribution in [1.29, 1.82) is 0 Å². The Morgan fingerprint density at radius 3 is 2.76 bits per heavy atom. The van der Waals surface area contributed by atoms with Gasteiger partial charge in [0.15, 0.2) is 0 Å². The van der Waals surface area contributed by atoms with Gasteiger partial charge in [-0.15, -0.1) is 0 Å². The van der Waals surface area contributed by atoms with Crippen LogP contribution in [0.5, 0.6) is 0 Å². The number of aryl methyl sites for hydroxylation is 1. The van der Waals surface area contributed by atoms with Crippen molar-refractivity contribution in [2.45, 2.75) is 31.7 Å². The third kappa shape index (κ3) is 3.56. The normalized spacial score (nSPS) is 16.6. The standard InChI is InChI=1S/C24H23N3O2/c28-23(15-13-18-12-14-22(29-18)17-7-2-1-3-8-17)27-16-6-11-21(27)24-25-19-9-4-5-10-20(19)26-24/h1-5,7-10,12,14,21H,6,11,13,15-16H2,(H,25,26). The van der Waals surface area contributed by atoms with Crippen molar-refractivity contribution in [1.82, 2.24) is 14.9 Å². The zero-order valence-electron chi connectivity index (χ0n) is 16.2. The van der Waals surface area contributed by atoms with Gasteiger partial charge >= 0.3 is 0 Å². The molecule has 1 saturated heterocycles. The summed E-state index contributed by atoms with van der Waals surface area (Å²) >= 11 is 0. The summed E-state index contributed by atoms with van der Waals surface area (Å²) in [5.41, 5.74) is 3.02. The number of carbonyl (C=O) groups is 1. The van der Waals surface area contributed by atoms with Crippen molar-refractivity contribution in [2.75, 3.05) is 6.54 Å². The van der Waals surface area contributed by atoms with Gasteiger partial charge in [-0.3, -0.25) is 4.79 Å². The molecule has 5 heteroatoms. The van der Waals surface area contributed by atoms with E-state index in [0.29, 0.717) is 12.8 Å². The molecule has 0 bridgehead atoms. The summed E-state index contributed by atoms with van der Waals surface area (Å²) in [7, 11) is 0. The fraction of sp³-hybridized carbons (Fsp3) is 0.250. The van der Waals surface area contributed by atoms with Crippen LogP contribution in [0.15, 0.2) is 71.1 Å². The Bertz CT molecular complexity index is 1100. The minimum absolute atomic E-state index is 0.0337. The Hall–Kier alpha value is -3.34. The van der Waals surface area contributed by atoms with E-state index in [-0.39, 0.29) is 11.9 Å². The fourth-order valence-electron chi connectivity index (χ4n) is 4.12. The number of carbonyl (C=O) groups excluding carboxylic acids is 1. The smallest absolute Gasteiger partial charge is 0.223 e. The van der Waals surface area contributed by atoms with E-state index < -0.39 is 0 Å². The molecule has 2 aromatic carbocycles. The van der Waals surface area contributed by atoms with Gasteiger partial charge in [-0.25, -0.2) is 4.98 Å². The summed E-state index contributed by atoms with van der Waals surface area (Å²) in [6.07, 6.45) is 3.00. The topological polar surface area (TPSA) is 62.1 Å². The number of fused-ring (bicyclic) bond motifs is 1. The van der Waals surface area contributed by atoms with Crippen LogP contribution < -0.4 is 0 Å². The second kappa shape index (κ2) is 7.59. The molecular formula is C24H23N3O2. The number of H-pyrrole nitrogens is 1. The molecule has 1 fully saturated rings. The average Bonchev–Trinajstić information content (AvgIpc) is 3.51. The molecule has 2 aromatic heterocycles. The van der Waals surface area contributed by atoms with Gasteiger partial charge in [-0.05, 0) is 37.1 Å². The third-order valence-corrected chi connectivity index (χ3v) is 5.60. The van der Waals surface area contributed by atoms with Crippen molar-refractivity contribution in [2.24, 2.45) is 0 Å². The summed E-state index contributed by atoms with van der Waals surface area (Å²) in [5, 5.41) is 0. The number of amides is 1. The predicted octanol–water partition coefficient (Wildman–Crippen LogP) is 5.12. The van der Waals surface area contributed by atoms with Crippen LogP contribution in [0.3, 0.4) is 0 Å². The summed E-state index contributed by atoms with van der Waals surface area (Å²) in [6.45, 7) is 0.786. The molecule has 1 unspecified atom stereocenters. The minimum Gasteiger partial charge on any atom is -0.461 e. The lowest BCUT2D eigenvalue weighted by Gasteiger charge is -2.23. The Kier molecular flexibility index (Phi) is 4.64. The van der Waals surface area contributed by atoms with Gasteiger partial charge in [0.1, 0.15) is 17.3 Å². The molecule has 1 N–H and O–H groups in total. The molecule has 0 radical (unpaired) electrons. The van der Waals surface area contributed by atoms with E-state index in [0.717, 1.165) is 53.3 Å². The van der Waals surface area contributed by atoms with Crippen LogP contribution in [0.2, 0.25) is 0 Å². The Labute approximate surface area is 169 Å². The zero-order valence-corrected chi connectivity index (χ0v) is 16.2. The predicted molar refractivity (Wildman–Crippen MR) is 112 cm³/mol. The van der Waals surface area contributed by atoms with Crippen molar-refractivity contribution >= 4 is 16.9 Å². The first-order valence-electron chi connectivity index (χ1n) is 10.2. The second-order valence-electron chi connectivity index (χ2n) is 7.52. The highest BCUT2D eigenvalue weighted by Gasteiger charge is 2.31. The first kappa shape index (κ1) is 17.7. The molecule has 5 rings (SSSR count). The maximum atomic E-state index is 12.9. The number of nitrogens with zero attached hydrogens (tertiary/aromatic N) is 2. The number of hydrogen-bond donors (Lipinski definition) is 1. The molecule has 1 aliphatic heterocycles. The number of aromatic amines is 1. The average molecular weight is 385 g/mol. The molecular weight excluding hydrogens is 362 g/mol. The first-order chi connectivity index (χ1) is 14.3. The number of imidazole rings is 1. The Balaban J connectivity index is 1.26. The molecule has 1 atom stereocenters. The van der Waals surface area contributed by atoms with Gasteiger partial charge in [0, 0.05) is 24.9 Å². The van der Waals surface area contributed by atoms with Crippen LogP contribution in [-0.2, 0) is 11.2 Å². The van der Waals surface area contributed by atoms with E-state index >= 15 is 0 Å². The molecule has 3 heterocycles. The Morgan fingerprint density at radius 2 is 1.90 bits per heavy atom. The third-order valence-electron chi connectivity index (χ3n) is 5.60. The molecule has 0 spiro atoms. The molecule has 5 nitrogen and oxygen atoms in total. The zero-order chi connectivity index (χ0) is 19.6. The highest BCUT2D eigenvalue weighted by molar-refractivity contribution is 5.78. The number of benzene rings is 2. The molecule has 29 heavy (non-hydrogen) atoms. The van der Waals surface area contributed by atoms with Crippen molar-refractivity contribution in [3.05, 3.63) is 78.3 Å². The van der Waals surface area contributed by atoms with E-state index in [1.807, 2.05) is 71.6 Å². The van der Waals surface area contributed by atoms with Gasteiger partial charge in [0.25, 0.3) is 0 Å². The number of hydrogen-bond acceptors (Lipinski definition) is 3. The van der Waals surface area contributed by atoms with E-state index in [4.69, 9.17) is 9.40 Å². The molecule has 1 aliphatic rings. The maximum absolute atomic E-state index is 12.9. The highest BCUT2D eigenvalue weighted by Crippen LogP contribution is 2.32. The first-order valence-corrected chi connectivity index (χ1v) is 10.2. The lowest BCUT2D eigenvalue weighted by Crippen LogP contribution is -2.31. The summed E-state index contributed by atoms with van der Waals surface area (Å²) < 4.78 is 5.94. The van der Waals surface area contributed by atoms with Crippen LogP contribution >= 0.6 is 0 Å². The monoisotopic (exact) mass is 385 g/mol. The molecule has 0 aliphatic carbocycles. The SMILES string of the molecule is O=C(CCc1ccc(-c2ccccc2)o1)N1CCCC1c1nc2ccccc2[nH]1. The van der Waals surface area contributed by atoms with E-state index in [1.54, 1.807) is 0 Å². The number of nitrogens with one attached hydrogen (secondary N) is 1. The van der Waals surface area contributed by atoms with Crippen LogP contribution in [0.4, 0.5) is 0 Å². The van der Waals surface area contributed by atoms with Crippen LogP contribution in [0.1, 0.15) is 36.9 Å². The van der Waals surface area contributed by atoms with Crippen LogP contribution in [-0.4, -0.2) is 27.3 Å². The number of likely N-dealkylation sites (tertiary alicyclic amines) is 1.